The van der Waals surface area contributed by atoms with E-state index in [-0.39, 0.29) is 12.2 Å². The molecule has 0 radical (unpaired) electrons. The number of carboxylic acid groups (broad SMARTS) is 1. The fourth-order valence-corrected chi connectivity index (χ4v) is 3.80. The second kappa shape index (κ2) is 10.5. The van der Waals surface area contributed by atoms with Gasteiger partial charge in [-0.1, -0.05) is 52.7 Å². The number of carbonyl (C=O) groups excluding carboxylic acids is 1. The molecule has 0 saturated carbocycles. The van der Waals surface area contributed by atoms with Gasteiger partial charge in [-0.3, -0.25) is 9.78 Å². The number of carboxylic acids is 1. The molecule has 0 aliphatic rings. The molecule has 0 aliphatic heterocycles. The number of aryl methyl sites for hydroxylation is 2. The first-order valence-corrected chi connectivity index (χ1v) is 11.9. The number of hydrogen-bond acceptors (Lipinski definition) is 7. The monoisotopic (exact) mass is 508 g/mol. The molecule has 1 atom stereocenters. The maximum atomic E-state index is 12.7. The number of amides is 1. The van der Waals surface area contributed by atoms with E-state index in [1.165, 1.54) is 6.07 Å². The number of hydrogen-bond donors (Lipinski definition) is 2. The molecule has 0 unspecified atom stereocenters. The van der Waals surface area contributed by atoms with Crippen LogP contribution >= 0.6 is 0 Å². The molecule has 9 nitrogen and oxygen atoms in total. The van der Waals surface area contributed by atoms with Gasteiger partial charge in [0.2, 0.25) is 5.82 Å². The summed E-state index contributed by atoms with van der Waals surface area (Å²) in [5.74, 6) is -0.507. The van der Waals surface area contributed by atoms with Crippen LogP contribution < -0.4 is 5.32 Å². The average Bonchev–Trinajstić information content (AvgIpc) is 3.60. The fourth-order valence-electron chi connectivity index (χ4n) is 3.80. The summed E-state index contributed by atoms with van der Waals surface area (Å²) in [7, 11) is 0. The van der Waals surface area contributed by atoms with Crippen molar-refractivity contribution in [2.45, 2.75) is 26.3 Å². The van der Waals surface area contributed by atoms with Crippen LogP contribution in [0.5, 0.6) is 0 Å². The molecule has 0 fully saturated rings. The number of aliphatic carboxylic acids is 1. The summed E-state index contributed by atoms with van der Waals surface area (Å²) in [6, 6.07) is 20.8. The van der Waals surface area contributed by atoms with E-state index in [1.807, 2.05) is 62.4 Å². The zero-order chi connectivity index (χ0) is 26.6. The first kappa shape index (κ1) is 24.6. The Kier molecular flexibility index (Phi) is 6.82. The first-order chi connectivity index (χ1) is 18.4. The highest BCUT2D eigenvalue weighted by molar-refractivity contribution is 5.94. The summed E-state index contributed by atoms with van der Waals surface area (Å²) in [5, 5.41) is 16.2. The second-order valence-electron chi connectivity index (χ2n) is 8.93. The molecule has 0 spiro atoms. The molecule has 0 aliphatic carbocycles. The van der Waals surface area contributed by atoms with Crippen LogP contribution in [0.4, 0.5) is 0 Å². The number of nitrogens with one attached hydrogen (secondary N) is 1. The average molecular weight is 509 g/mol. The topological polar surface area (TPSA) is 131 Å². The molecule has 3 aromatic heterocycles. The molecular formula is C29H24N4O5. The van der Waals surface area contributed by atoms with Gasteiger partial charge in [0.05, 0.1) is 0 Å². The molecule has 0 saturated heterocycles. The first-order valence-electron chi connectivity index (χ1n) is 11.9. The predicted molar refractivity (Wildman–Crippen MR) is 139 cm³/mol. The number of aromatic nitrogens is 3. The highest BCUT2D eigenvalue weighted by atomic mass is 16.5. The number of nitrogens with zero attached hydrogens (tertiary/aromatic N) is 3. The lowest BCUT2D eigenvalue weighted by atomic mass is 10.1. The van der Waals surface area contributed by atoms with Crippen molar-refractivity contribution in [1.82, 2.24) is 20.4 Å². The van der Waals surface area contributed by atoms with Crippen molar-refractivity contribution in [3.63, 3.8) is 0 Å². The largest absolute Gasteiger partial charge is 0.480 e. The Morgan fingerprint density at radius 2 is 1.53 bits per heavy atom. The van der Waals surface area contributed by atoms with Gasteiger partial charge >= 0.3 is 5.97 Å². The van der Waals surface area contributed by atoms with Gasteiger partial charge in [-0.25, -0.2) is 4.79 Å². The van der Waals surface area contributed by atoms with Gasteiger partial charge in [0.25, 0.3) is 11.8 Å². The fraction of sp³-hybridized carbons (Fsp3) is 0.138. The van der Waals surface area contributed by atoms with Crippen molar-refractivity contribution in [3.8, 4) is 34.2 Å². The van der Waals surface area contributed by atoms with Gasteiger partial charge in [0, 0.05) is 35.0 Å². The Bertz CT molecular complexity index is 1570. The zero-order valence-electron chi connectivity index (χ0n) is 20.7. The minimum absolute atomic E-state index is 0.0201. The van der Waals surface area contributed by atoms with Gasteiger partial charge in [-0.2, -0.15) is 4.98 Å². The lowest BCUT2D eigenvalue weighted by Crippen LogP contribution is -2.42. The highest BCUT2D eigenvalue weighted by Gasteiger charge is 2.24. The van der Waals surface area contributed by atoms with Crippen molar-refractivity contribution in [3.05, 3.63) is 102 Å². The summed E-state index contributed by atoms with van der Waals surface area (Å²) >= 11 is 0. The maximum Gasteiger partial charge on any atom is 0.326 e. The van der Waals surface area contributed by atoms with Crippen molar-refractivity contribution in [1.29, 1.82) is 0 Å². The quantitative estimate of drug-likeness (QED) is 0.296. The normalized spacial score (nSPS) is 11.7. The van der Waals surface area contributed by atoms with E-state index >= 15 is 0 Å². The van der Waals surface area contributed by atoms with Crippen LogP contribution in [0.1, 0.15) is 27.4 Å². The minimum atomic E-state index is -1.20. The van der Waals surface area contributed by atoms with Gasteiger partial charge in [0.1, 0.15) is 11.8 Å². The van der Waals surface area contributed by atoms with E-state index in [0.29, 0.717) is 28.7 Å². The minimum Gasteiger partial charge on any atom is -0.480 e. The van der Waals surface area contributed by atoms with E-state index in [1.54, 1.807) is 24.4 Å². The lowest BCUT2D eigenvalue weighted by molar-refractivity contribution is -0.139. The zero-order valence-corrected chi connectivity index (χ0v) is 20.7. The van der Waals surface area contributed by atoms with E-state index in [0.717, 1.165) is 22.3 Å². The Morgan fingerprint density at radius 3 is 2.16 bits per heavy atom. The lowest BCUT2D eigenvalue weighted by Gasteiger charge is -2.13. The summed E-state index contributed by atoms with van der Waals surface area (Å²) in [5.41, 5.74) is 4.95. The number of carbonyl (C=O) groups is 2. The van der Waals surface area contributed by atoms with Gasteiger partial charge in [0.15, 0.2) is 5.76 Å². The summed E-state index contributed by atoms with van der Waals surface area (Å²) in [6.45, 7) is 3.98. The van der Waals surface area contributed by atoms with Gasteiger partial charge in [-0.05, 0) is 50.2 Å². The Morgan fingerprint density at radius 1 is 0.868 bits per heavy atom. The van der Waals surface area contributed by atoms with E-state index in [2.05, 4.69) is 20.4 Å². The molecule has 9 heteroatoms. The standard InChI is InChI=1S/C29H24N4O5/c1-17-3-7-19(8-4-17)24-13-14-25(37-24)27(34)31-23(29(35)36)15-22-12-11-21(16-30-22)26-32-28(38-33-26)20-9-5-18(2)6-10-20/h3-14,16,23H,15H2,1-2H3,(H,31,34)(H,35,36)/t23-/m1/s1. The summed E-state index contributed by atoms with van der Waals surface area (Å²) < 4.78 is 11.0. The summed E-state index contributed by atoms with van der Waals surface area (Å²) in [6.07, 6.45) is 1.52. The van der Waals surface area contributed by atoms with Crippen LogP contribution in [0.3, 0.4) is 0 Å². The van der Waals surface area contributed by atoms with Crippen molar-refractivity contribution in [2.24, 2.45) is 0 Å². The maximum absolute atomic E-state index is 12.7. The molecular weight excluding hydrogens is 484 g/mol. The third-order valence-electron chi connectivity index (χ3n) is 5.99. The van der Waals surface area contributed by atoms with E-state index < -0.39 is 17.9 Å². The molecule has 5 rings (SSSR count). The Balaban J connectivity index is 1.25. The molecule has 3 heterocycles. The summed E-state index contributed by atoms with van der Waals surface area (Å²) in [4.78, 5) is 33.3. The van der Waals surface area contributed by atoms with Gasteiger partial charge in [-0.15, -0.1) is 0 Å². The van der Waals surface area contributed by atoms with Crippen molar-refractivity contribution >= 4 is 11.9 Å². The molecule has 2 N–H and O–H groups in total. The molecule has 5 aromatic rings. The molecule has 1 amide bonds. The van der Waals surface area contributed by atoms with Gasteiger partial charge < -0.3 is 19.4 Å². The molecule has 2 aromatic carbocycles. The Hall–Kier alpha value is -5.05. The van der Waals surface area contributed by atoms with Crippen LogP contribution in [0, 0.1) is 13.8 Å². The highest BCUT2D eigenvalue weighted by Crippen LogP contribution is 2.24. The molecule has 38 heavy (non-hydrogen) atoms. The molecule has 190 valence electrons. The van der Waals surface area contributed by atoms with Crippen LogP contribution in [-0.4, -0.2) is 38.1 Å². The second-order valence-corrected chi connectivity index (χ2v) is 8.93. The van der Waals surface area contributed by atoms with Crippen LogP contribution in [-0.2, 0) is 11.2 Å². The van der Waals surface area contributed by atoms with Crippen molar-refractivity contribution in [2.75, 3.05) is 0 Å². The van der Waals surface area contributed by atoms with Crippen LogP contribution in [0.15, 0.2) is 87.9 Å². The number of rotatable bonds is 8. The predicted octanol–water partition coefficient (Wildman–Crippen LogP) is 5.10. The van der Waals surface area contributed by atoms with Crippen LogP contribution in [0.25, 0.3) is 34.2 Å². The molecule has 0 bridgehead atoms. The number of furan rings is 1. The van der Waals surface area contributed by atoms with Crippen LogP contribution in [0.2, 0.25) is 0 Å². The number of pyridine rings is 1. The smallest absolute Gasteiger partial charge is 0.326 e. The number of benzene rings is 2. The third-order valence-corrected chi connectivity index (χ3v) is 5.99. The van der Waals surface area contributed by atoms with E-state index in [4.69, 9.17) is 8.94 Å². The SMILES string of the molecule is Cc1ccc(-c2ccc(C(=O)N[C@H](Cc3ccc(-c4noc(-c5ccc(C)cc5)n4)cn3)C(=O)O)o2)cc1. The third kappa shape index (κ3) is 5.52. The van der Waals surface area contributed by atoms with Crippen molar-refractivity contribution < 1.29 is 23.6 Å². The Labute approximate surface area is 218 Å². The van der Waals surface area contributed by atoms with E-state index in [9.17, 15) is 14.7 Å².